The van der Waals surface area contributed by atoms with Gasteiger partial charge >= 0.3 is 0 Å². The Bertz CT molecular complexity index is 1320. The highest BCUT2D eigenvalue weighted by molar-refractivity contribution is 6.10. The highest BCUT2D eigenvalue weighted by Gasteiger charge is 2.16. The number of amides is 1. The highest BCUT2D eigenvalue weighted by Crippen LogP contribution is 2.24. The van der Waals surface area contributed by atoms with Crippen molar-refractivity contribution in [2.75, 3.05) is 5.32 Å². The van der Waals surface area contributed by atoms with E-state index in [0.29, 0.717) is 22.4 Å². The predicted octanol–water partition coefficient (Wildman–Crippen LogP) is 7.25. The van der Waals surface area contributed by atoms with Crippen LogP contribution in [-0.4, -0.2) is 11.7 Å². The number of anilines is 1. The molecule has 0 bridgehead atoms. The van der Waals surface area contributed by atoms with E-state index >= 15 is 0 Å². The van der Waals surface area contributed by atoms with Gasteiger partial charge in [0.05, 0.1) is 0 Å². The Labute approximate surface area is 207 Å². The fourth-order valence-electron chi connectivity index (χ4n) is 4.11. The van der Waals surface area contributed by atoms with Crippen molar-refractivity contribution in [3.8, 4) is 0 Å². The molecule has 35 heavy (non-hydrogen) atoms. The molecule has 176 valence electrons. The third-order valence-corrected chi connectivity index (χ3v) is 6.18. The molecule has 0 heterocycles. The van der Waals surface area contributed by atoms with Gasteiger partial charge in [-0.3, -0.25) is 9.59 Å². The Kier molecular flexibility index (Phi) is 7.26. The van der Waals surface area contributed by atoms with Gasteiger partial charge in [0, 0.05) is 22.4 Å². The molecule has 4 rings (SSSR count). The number of carbonyl (C=O) groups excluding carboxylic acids is 2. The number of nitrogens with one attached hydrogen (secondary N) is 1. The van der Waals surface area contributed by atoms with E-state index in [2.05, 4.69) is 38.2 Å². The number of carbonyl (C=O) groups is 2. The molecule has 0 aliphatic rings. The highest BCUT2D eigenvalue weighted by atomic mass is 16.1. The van der Waals surface area contributed by atoms with Crippen LogP contribution in [0.2, 0.25) is 0 Å². The zero-order chi connectivity index (χ0) is 24.8. The second-order valence-electron chi connectivity index (χ2n) is 9.83. The van der Waals surface area contributed by atoms with Gasteiger partial charge < -0.3 is 5.32 Å². The summed E-state index contributed by atoms with van der Waals surface area (Å²) in [6, 6.07) is 32.8. The van der Waals surface area contributed by atoms with Gasteiger partial charge in [0.25, 0.3) is 5.91 Å². The van der Waals surface area contributed by atoms with E-state index in [1.54, 1.807) is 18.2 Å². The molecule has 1 amide bonds. The molecule has 4 aromatic rings. The van der Waals surface area contributed by atoms with Crippen LogP contribution in [0.4, 0.5) is 5.69 Å². The third-order valence-electron chi connectivity index (χ3n) is 6.18. The van der Waals surface area contributed by atoms with Gasteiger partial charge in [0.15, 0.2) is 5.78 Å². The molecule has 1 N–H and O–H groups in total. The summed E-state index contributed by atoms with van der Waals surface area (Å²) in [5.41, 5.74) is 5.88. The summed E-state index contributed by atoms with van der Waals surface area (Å²) in [6.45, 7) is 6.45. The Balaban J connectivity index is 1.48. The molecular formula is C32H31NO2. The van der Waals surface area contributed by atoms with E-state index in [4.69, 9.17) is 0 Å². The Morgan fingerprint density at radius 3 is 2.09 bits per heavy atom. The van der Waals surface area contributed by atoms with Gasteiger partial charge in [0.2, 0.25) is 0 Å². The first-order chi connectivity index (χ1) is 16.8. The van der Waals surface area contributed by atoms with Crippen LogP contribution >= 0.6 is 0 Å². The molecule has 0 spiro atoms. The summed E-state index contributed by atoms with van der Waals surface area (Å²) in [5.74, 6) is -0.238. The fourth-order valence-corrected chi connectivity index (χ4v) is 4.11. The van der Waals surface area contributed by atoms with Gasteiger partial charge in [-0.1, -0.05) is 106 Å². The van der Waals surface area contributed by atoms with Crippen molar-refractivity contribution in [1.82, 2.24) is 0 Å². The van der Waals surface area contributed by atoms with Gasteiger partial charge in [0.1, 0.15) is 0 Å². The molecule has 0 aromatic heterocycles. The topological polar surface area (TPSA) is 46.2 Å². The lowest BCUT2D eigenvalue weighted by molar-refractivity contribution is 0.102. The summed E-state index contributed by atoms with van der Waals surface area (Å²) in [6.07, 6.45) is 1.64. The number of ketones is 1. The summed E-state index contributed by atoms with van der Waals surface area (Å²) >= 11 is 0. The van der Waals surface area contributed by atoms with Gasteiger partial charge in [-0.15, -0.1) is 0 Å². The van der Waals surface area contributed by atoms with Crippen molar-refractivity contribution in [3.05, 3.63) is 137 Å². The van der Waals surface area contributed by atoms with Crippen LogP contribution < -0.4 is 5.32 Å². The Morgan fingerprint density at radius 1 is 0.686 bits per heavy atom. The average Bonchev–Trinajstić information content (AvgIpc) is 2.87. The molecule has 0 saturated carbocycles. The normalized spacial score (nSPS) is 11.2. The number of rotatable bonds is 7. The molecule has 4 aromatic carbocycles. The van der Waals surface area contributed by atoms with Gasteiger partial charge in [-0.2, -0.15) is 0 Å². The van der Waals surface area contributed by atoms with E-state index in [9.17, 15) is 9.59 Å². The van der Waals surface area contributed by atoms with Crippen LogP contribution in [0.25, 0.3) is 0 Å². The monoisotopic (exact) mass is 461 g/mol. The van der Waals surface area contributed by atoms with Crippen LogP contribution in [0, 0.1) is 0 Å². The Hall–Kier alpha value is -3.98. The lowest BCUT2D eigenvalue weighted by atomic mass is 9.86. The predicted molar refractivity (Wildman–Crippen MR) is 143 cm³/mol. The van der Waals surface area contributed by atoms with Crippen LogP contribution in [0.3, 0.4) is 0 Å². The third kappa shape index (κ3) is 6.13. The van der Waals surface area contributed by atoms with E-state index in [-0.39, 0.29) is 17.1 Å². The van der Waals surface area contributed by atoms with E-state index in [1.165, 1.54) is 11.1 Å². The summed E-state index contributed by atoms with van der Waals surface area (Å²) in [5, 5.41) is 2.98. The molecule has 0 saturated heterocycles. The fraction of sp³-hybridized carbons (Fsp3) is 0.188. The molecule has 0 aliphatic carbocycles. The second kappa shape index (κ2) is 10.5. The molecule has 0 unspecified atom stereocenters. The van der Waals surface area contributed by atoms with Crippen molar-refractivity contribution in [2.45, 2.75) is 39.0 Å². The number of hydrogen-bond acceptors (Lipinski definition) is 2. The number of benzene rings is 4. The molecule has 0 fully saturated rings. The van der Waals surface area contributed by atoms with Gasteiger partial charge in [-0.25, -0.2) is 0 Å². The first-order valence-corrected chi connectivity index (χ1v) is 12.0. The molecule has 3 heteroatoms. The van der Waals surface area contributed by atoms with Gasteiger partial charge in [-0.05, 0) is 53.1 Å². The zero-order valence-corrected chi connectivity index (χ0v) is 20.5. The van der Waals surface area contributed by atoms with E-state index in [1.807, 2.05) is 72.8 Å². The zero-order valence-electron chi connectivity index (χ0n) is 20.5. The summed E-state index contributed by atoms with van der Waals surface area (Å²) < 4.78 is 0. The van der Waals surface area contributed by atoms with Crippen LogP contribution in [0.1, 0.15) is 63.7 Å². The molecule has 0 radical (unpaired) electrons. The van der Waals surface area contributed by atoms with Crippen molar-refractivity contribution in [3.63, 3.8) is 0 Å². The lowest BCUT2D eigenvalue weighted by Crippen LogP contribution is -2.15. The van der Waals surface area contributed by atoms with Crippen molar-refractivity contribution in [1.29, 1.82) is 0 Å². The summed E-state index contributed by atoms with van der Waals surface area (Å²) in [7, 11) is 0. The maximum absolute atomic E-state index is 13.1. The standard InChI is InChI=1S/C32H31NO2/c1-32(2,3)27-20-18-25(19-21-27)30(34)26-13-9-14-28(22-26)33-31(35)29-15-8-7-12-24(29)17-16-23-10-5-4-6-11-23/h4-15,18-22H,16-17H2,1-3H3,(H,33,35). The maximum Gasteiger partial charge on any atom is 0.255 e. The average molecular weight is 462 g/mol. The Morgan fingerprint density at radius 2 is 1.37 bits per heavy atom. The molecular weight excluding hydrogens is 430 g/mol. The first kappa shape index (κ1) is 24.2. The lowest BCUT2D eigenvalue weighted by Gasteiger charge is -2.19. The SMILES string of the molecule is CC(C)(C)c1ccc(C(=O)c2cccc(NC(=O)c3ccccc3CCc3ccccc3)c2)cc1. The second-order valence-corrected chi connectivity index (χ2v) is 9.83. The quantitative estimate of drug-likeness (QED) is 0.295. The number of hydrogen-bond donors (Lipinski definition) is 1. The minimum Gasteiger partial charge on any atom is -0.322 e. The molecule has 3 nitrogen and oxygen atoms in total. The molecule has 0 aliphatic heterocycles. The summed E-state index contributed by atoms with van der Waals surface area (Å²) in [4.78, 5) is 26.2. The molecule has 0 atom stereocenters. The minimum atomic E-state index is -0.173. The van der Waals surface area contributed by atoms with Crippen molar-refractivity contribution >= 4 is 17.4 Å². The van der Waals surface area contributed by atoms with Crippen molar-refractivity contribution < 1.29 is 9.59 Å². The van der Waals surface area contributed by atoms with E-state index < -0.39 is 0 Å². The van der Waals surface area contributed by atoms with E-state index in [0.717, 1.165) is 18.4 Å². The number of aryl methyl sites for hydroxylation is 2. The van der Waals surface area contributed by atoms with Crippen LogP contribution in [0.5, 0.6) is 0 Å². The smallest absolute Gasteiger partial charge is 0.255 e. The minimum absolute atomic E-state index is 0.0309. The van der Waals surface area contributed by atoms with Crippen LogP contribution in [0.15, 0.2) is 103 Å². The van der Waals surface area contributed by atoms with Crippen LogP contribution in [-0.2, 0) is 18.3 Å². The largest absolute Gasteiger partial charge is 0.322 e. The van der Waals surface area contributed by atoms with Crippen molar-refractivity contribution in [2.24, 2.45) is 0 Å². The first-order valence-electron chi connectivity index (χ1n) is 12.0. The maximum atomic E-state index is 13.1.